The Labute approximate surface area is 162 Å². The normalized spacial score (nSPS) is 21.8. The molecule has 146 valence electrons. The van der Waals surface area contributed by atoms with E-state index >= 15 is 0 Å². The summed E-state index contributed by atoms with van der Waals surface area (Å²) in [7, 11) is 0. The number of piperidine rings is 1. The molecule has 9 heteroatoms. The van der Waals surface area contributed by atoms with E-state index in [9.17, 15) is 10.0 Å². The van der Waals surface area contributed by atoms with Crippen LogP contribution in [0.5, 0.6) is 0 Å². The maximum Gasteiger partial charge on any atom is 0.329 e. The van der Waals surface area contributed by atoms with Gasteiger partial charge in [0.2, 0.25) is 5.82 Å². The van der Waals surface area contributed by atoms with Crippen LogP contribution in [0.4, 0.5) is 27.9 Å². The molecule has 2 aliphatic heterocycles. The number of hydrogen-bond donors (Lipinski definition) is 3. The number of carbonyl (C=O) groups excluding carboxylic acids is 1. The lowest BCUT2D eigenvalue weighted by Crippen LogP contribution is -3.10. The monoisotopic (exact) mass is 381 g/mol. The van der Waals surface area contributed by atoms with Crippen LogP contribution < -0.4 is 25.7 Å². The van der Waals surface area contributed by atoms with Gasteiger partial charge >= 0.3 is 6.03 Å². The molecule has 5 rings (SSSR count). The molecule has 4 heterocycles. The molecule has 0 radical (unpaired) electrons. The van der Waals surface area contributed by atoms with Gasteiger partial charge in [-0.2, -0.15) is 10.4 Å². The number of aromatic nitrogens is 2. The molecule has 1 unspecified atom stereocenters. The van der Waals surface area contributed by atoms with Crippen molar-refractivity contribution in [2.24, 2.45) is 0 Å². The maximum absolute atomic E-state index is 13.1. The van der Waals surface area contributed by atoms with Gasteiger partial charge in [-0.3, -0.25) is 10.2 Å². The van der Waals surface area contributed by atoms with E-state index in [0.29, 0.717) is 17.5 Å². The topological polar surface area (TPSA) is 101 Å². The smallest absolute Gasteiger partial charge is 0.329 e. The van der Waals surface area contributed by atoms with Crippen LogP contribution in [0.15, 0.2) is 36.5 Å². The second-order valence-corrected chi connectivity index (χ2v) is 7.54. The Morgan fingerprint density at radius 1 is 1.21 bits per heavy atom. The van der Waals surface area contributed by atoms with Crippen LogP contribution in [0.3, 0.4) is 0 Å². The third-order valence-electron chi connectivity index (χ3n) is 5.45. The highest BCUT2D eigenvalue weighted by Crippen LogP contribution is 2.38. The predicted molar refractivity (Wildman–Crippen MR) is 105 cm³/mol. The van der Waals surface area contributed by atoms with Gasteiger partial charge < -0.3 is 10.1 Å². The number of nitrogens with one attached hydrogen (secondary N) is 3. The number of anilines is 3. The third-order valence-corrected chi connectivity index (χ3v) is 5.45. The highest BCUT2D eigenvalue weighted by molar-refractivity contribution is 6.04. The molecule has 1 saturated carbocycles. The van der Waals surface area contributed by atoms with Crippen molar-refractivity contribution in [3.8, 4) is 0 Å². The lowest BCUT2D eigenvalue weighted by atomic mass is 10.00. The zero-order valence-corrected chi connectivity index (χ0v) is 15.5. The number of urea groups is 1. The molecular weight excluding hydrogens is 358 g/mol. The summed E-state index contributed by atoms with van der Waals surface area (Å²) in [5.74, 6) is 1.39. The average molecular weight is 381 g/mol. The Kier molecular flexibility index (Phi) is 4.34. The largest absolute Gasteiger partial charge is 0.607 e. The Morgan fingerprint density at radius 3 is 2.89 bits per heavy atom. The molecule has 0 aromatic carbocycles. The molecule has 2 aromatic rings. The minimum atomic E-state index is -0.265. The van der Waals surface area contributed by atoms with Crippen molar-refractivity contribution in [1.29, 1.82) is 0 Å². The minimum absolute atomic E-state index is 0.0270. The lowest BCUT2D eigenvalue weighted by Gasteiger charge is -2.45. The fraction of sp³-hybridized carbons (Fsp3) is 0.421. The molecule has 2 amide bonds. The van der Waals surface area contributed by atoms with Gasteiger partial charge in [-0.1, -0.05) is 6.07 Å². The maximum atomic E-state index is 13.1. The zero-order chi connectivity index (χ0) is 19.1. The van der Waals surface area contributed by atoms with E-state index in [1.165, 1.54) is 0 Å². The molecule has 2 atom stereocenters. The van der Waals surface area contributed by atoms with Crippen molar-refractivity contribution in [3.63, 3.8) is 0 Å². The highest BCUT2D eigenvalue weighted by atomic mass is 16.5. The van der Waals surface area contributed by atoms with Gasteiger partial charge in [-0.15, -0.1) is 0 Å². The summed E-state index contributed by atoms with van der Waals surface area (Å²) >= 11 is 0. The van der Waals surface area contributed by atoms with E-state index in [2.05, 4.69) is 25.6 Å². The molecule has 9 nitrogen and oxygen atoms in total. The molecule has 3 N–H and O–H groups in total. The first kappa shape index (κ1) is 17.4. The fourth-order valence-corrected chi connectivity index (χ4v) is 3.90. The van der Waals surface area contributed by atoms with Crippen LogP contribution in [0.1, 0.15) is 25.7 Å². The Bertz CT molecular complexity index is 874. The van der Waals surface area contributed by atoms with Crippen molar-refractivity contribution in [3.05, 3.63) is 41.7 Å². The van der Waals surface area contributed by atoms with Gasteiger partial charge in [0.05, 0.1) is 17.8 Å². The van der Waals surface area contributed by atoms with Crippen molar-refractivity contribution in [2.45, 2.75) is 37.8 Å². The standard InChI is InChI=1S/C19H23N7O2/c27-19(21-16-5-1-2-10-20-16)25-14-4-3-11-24(12-14)15-8-9-17(22-18(15)25)26(28)23-13-6-7-13/h1-2,5,8-10,13-14,23,26H,3-4,6-7,11-12H2,(H,20,21,27)/t14-/m0/s1. The van der Waals surface area contributed by atoms with Crippen LogP contribution in [0.25, 0.3) is 0 Å². The minimum Gasteiger partial charge on any atom is -0.607 e. The van der Waals surface area contributed by atoms with Crippen LogP contribution in [-0.4, -0.2) is 41.2 Å². The SMILES string of the molecule is O=C(Nc1ccccn1)N1c2nc([NH+]([O-])NC3CC3)ccc2N2CCC[C@H]1C2. The molecule has 1 saturated heterocycles. The van der Waals surface area contributed by atoms with Crippen molar-refractivity contribution < 1.29 is 9.97 Å². The van der Waals surface area contributed by atoms with E-state index in [1.807, 2.05) is 12.1 Å². The van der Waals surface area contributed by atoms with Gasteiger partial charge in [-0.05, 0) is 43.9 Å². The van der Waals surface area contributed by atoms with Gasteiger partial charge in [0.1, 0.15) is 5.82 Å². The number of carbonyl (C=O) groups is 1. The molecule has 28 heavy (non-hydrogen) atoms. The van der Waals surface area contributed by atoms with E-state index in [0.717, 1.165) is 44.5 Å². The molecular formula is C19H23N7O2. The van der Waals surface area contributed by atoms with Crippen LogP contribution in [0, 0.1) is 5.21 Å². The fourth-order valence-electron chi connectivity index (χ4n) is 3.90. The van der Waals surface area contributed by atoms with E-state index in [1.54, 1.807) is 29.3 Å². The summed E-state index contributed by atoms with van der Waals surface area (Å²) < 4.78 is 0. The molecule has 2 bridgehead atoms. The van der Waals surface area contributed by atoms with Crippen LogP contribution in [-0.2, 0) is 0 Å². The van der Waals surface area contributed by atoms with Crippen LogP contribution in [0.2, 0.25) is 0 Å². The van der Waals surface area contributed by atoms with Crippen molar-refractivity contribution in [1.82, 2.24) is 15.4 Å². The van der Waals surface area contributed by atoms with Crippen LogP contribution >= 0.6 is 0 Å². The van der Waals surface area contributed by atoms with Gasteiger partial charge in [-0.25, -0.2) is 15.0 Å². The molecule has 1 aliphatic carbocycles. The first-order chi connectivity index (χ1) is 13.7. The third kappa shape index (κ3) is 3.28. The number of rotatable bonds is 4. The van der Waals surface area contributed by atoms with Gasteiger partial charge in [0.25, 0.3) is 0 Å². The summed E-state index contributed by atoms with van der Waals surface area (Å²) in [6, 6.07) is 9.07. The summed E-state index contributed by atoms with van der Waals surface area (Å²) in [6.45, 7) is 1.71. The van der Waals surface area contributed by atoms with Crippen molar-refractivity contribution in [2.75, 3.05) is 28.2 Å². The Balaban J connectivity index is 1.48. The Hall–Kier alpha value is -2.75. The van der Waals surface area contributed by atoms with E-state index in [-0.39, 0.29) is 23.3 Å². The lowest BCUT2D eigenvalue weighted by molar-refractivity contribution is -0.832. The first-order valence-electron chi connectivity index (χ1n) is 9.77. The highest BCUT2D eigenvalue weighted by Gasteiger charge is 2.39. The predicted octanol–water partition coefficient (Wildman–Crippen LogP) is 1.18. The Morgan fingerprint density at radius 2 is 2.11 bits per heavy atom. The zero-order valence-electron chi connectivity index (χ0n) is 15.5. The molecule has 0 spiro atoms. The summed E-state index contributed by atoms with van der Waals surface area (Å²) in [4.78, 5) is 25.9. The number of pyridine rings is 2. The summed E-state index contributed by atoms with van der Waals surface area (Å²) in [5, 5.41) is 15.2. The quantitative estimate of drug-likeness (QED) is 0.688. The van der Waals surface area contributed by atoms with E-state index in [4.69, 9.17) is 0 Å². The average Bonchev–Trinajstić information content (AvgIpc) is 3.52. The number of fused-ring (bicyclic) bond motifs is 4. The molecule has 3 aliphatic rings. The van der Waals surface area contributed by atoms with Gasteiger partial charge in [0, 0.05) is 25.4 Å². The second kappa shape index (κ2) is 7.01. The second-order valence-electron chi connectivity index (χ2n) is 7.54. The van der Waals surface area contributed by atoms with Crippen molar-refractivity contribution >= 4 is 29.2 Å². The van der Waals surface area contributed by atoms with Gasteiger partial charge in [0.15, 0.2) is 5.82 Å². The summed E-state index contributed by atoms with van der Waals surface area (Å²) in [5.41, 5.74) is 3.87. The molecule has 2 fully saturated rings. The number of nitrogens with zero attached hydrogens (tertiary/aromatic N) is 4. The summed E-state index contributed by atoms with van der Waals surface area (Å²) in [6.07, 6.45) is 5.60. The van der Waals surface area contributed by atoms with E-state index < -0.39 is 0 Å². The number of quaternary nitrogens is 1. The molecule has 2 aromatic heterocycles. The number of hydrogen-bond acceptors (Lipinski definition) is 6. The number of amides is 2. The first-order valence-corrected chi connectivity index (χ1v) is 9.77.